The molecule has 3 heterocycles. The van der Waals surface area contributed by atoms with Crippen molar-refractivity contribution < 1.29 is 33.4 Å². The van der Waals surface area contributed by atoms with Gasteiger partial charge in [0.2, 0.25) is 11.8 Å². The average Bonchev–Trinajstić information content (AvgIpc) is 3.55. The second-order valence-corrected chi connectivity index (χ2v) is 12.7. The van der Waals surface area contributed by atoms with Crippen molar-refractivity contribution in [1.29, 1.82) is 0 Å². The van der Waals surface area contributed by atoms with E-state index in [2.05, 4.69) is 10.3 Å². The number of carbonyl (C=O) groups excluding carboxylic acids is 5. The van der Waals surface area contributed by atoms with Gasteiger partial charge in [-0.1, -0.05) is 19.4 Å². The fourth-order valence-electron chi connectivity index (χ4n) is 6.05. The van der Waals surface area contributed by atoms with Gasteiger partial charge < -0.3 is 34.4 Å². The van der Waals surface area contributed by atoms with Crippen LogP contribution in [0.2, 0.25) is 0 Å². The second kappa shape index (κ2) is 15.4. The SMILES string of the molecule is CCCCOC(=O)N1CCN(C(=O)CN(C)C(=O)c2cc(OCC(=O)N3CCC[C@H]3C(=O)NC3CCC3)c3ccc(C)cc3n2)CC1. The summed E-state index contributed by atoms with van der Waals surface area (Å²) in [6, 6.07) is 6.76. The summed E-state index contributed by atoms with van der Waals surface area (Å²) in [5.41, 5.74) is 1.55. The highest BCUT2D eigenvalue weighted by molar-refractivity contribution is 5.99. The normalized spacial score (nSPS) is 18.1. The van der Waals surface area contributed by atoms with Crippen LogP contribution in [-0.4, -0.2) is 126 Å². The van der Waals surface area contributed by atoms with Gasteiger partial charge in [0.15, 0.2) is 6.61 Å². The van der Waals surface area contributed by atoms with E-state index >= 15 is 0 Å². The third-order valence-corrected chi connectivity index (χ3v) is 9.16. The topological polar surface area (TPSA) is 142 Å². The lowest BCUT2D eigenvalue weighted by atomic mass is 9.93. The molecule has 1 saturated carbocycles. The van der Waals surface area contributed by atoms with Gasteiger partial charge >= 0.3 is 6.09 Å². The number of benzene rings is 1. The summed E-state index contributed by atoms with van der Waals surface area (Å²) in [5, 5.41) is 3.70. The number of unbranched alkanes of at least 4 members (excludes halogenated alkanes) is 1. The van der Waals surface area contributed by atoms with Crippen molar-refractivity contribution >= 4 is 40.6 Å². The molecule has 3 fully saturated rings. The van der Waals surface area contributed by atoms with Crippen LogP contribution in [0.4, 0.5) is 4.79 Å². The predicted molar refractivity (Wildman–Crippen MR) is 174 cm³/mol. The Hall–Kier alpha value is -4.42. The van der Waals surface area contributed by atoms with Crippen molar-refractivity contribution in [3.05, 3.63) is 35.5 Å². The molecule has 47 heavy (non-hydrogen) atoms. The molecule has 2 saturated heterocycles. The smallest absolute Gasteiger partial charge is 0.409 e. The first-order chi connectivity index (χ1) is 22.6. The minimum absolute atomic E-state index is 0.0828. The van der Waals surface area contributed by atoms with Gasteiger partial charge in [-0.15, -0.1) is 0 Å². The van der Waals surface area contributed by atoms with Crippen LogP contribution in [0.1, 0.15) is 67.9 Å². The quantitative estimate of drug-likeness (QED) is 0.366. The zero-order valence-electron chi connectivity index (χ0n) is 27.7. The van der Waals surface area contributed by atoms with E-state index in [1.54, 1.807) is 14.7 Å². The van der Waals surface area contributed by atoms with E-state index in [1.165, 1.54) is 18.0 Å². The standard InChI is InChI=1S/C34H46N6O7/c1-4-5-18-46-34(45)39-16-14-38(15-17-39)30(41)21-37(3)33(44)27-20-29(25-12-11-23(2)19-26(25)36-27)47-22-31(42)40-13-7-10-28(40)32(43)35-24-8-6-9-24/h11-12,19-20,24,28H,4-10,13-18,21-22H2,1-3H3,(H,35,43)/t28-/m0/s1. The number of aryl methyl sites for hydroxylation is 1. The number of likely N-dealkylation sites (N-methyl/N-ethyl adjacent to an activating group) is 1. The number of hydrogen-bond acceptors (Lipinski definition) is 8. The summed E-state index contributed by atoms with van der Waals surface area (Å²) < 4.78 is 11.3. The van der Waals surface area contributed by atoms with E-state index in [-0.39, 0.29) is 48.7 Å². The number of carbonyl (C=O) groups is 5. The Labute approximate surface area is 275 Å². The van der Waals surface area contributed by atoms with Crippen molar-refractivity contribution in [2.24, 2.45) is 0 Å². The van der Waals surface area contributed by atoms with Gasteiger partial charge in [-0.3, -0.25) is 19.2 Å². The Balaban J connectivity index is 1.21. The Morgan fingerprint density at radius 3 is 2.40 bits per heavy atom. The zero-order valence-corrected chi connectivity index (χ0v) is 27.7. The van der Waals surface area contributed by atoms with E-state index < -0.39 is 11.9 Å². The number of nitrogens with one attached hydrogen (secondary N) is 1. The first-order valence-corrected chi connectivity index (χ1v) is 16.7. The molecule has 0 spiro atoms. The number of piperazine rings is 1. The molecule has 2 aliphatic heterocycles. The molecule has 1 aromatic carbocycles. The van der Waals surface area contributed by atoms with Crippen molar-refractivity contribution in [3.8, 4) is 5.75 Å². The molecule has 2 aromatic rings. The van der Waals surface area contributed by atoms with E-state index in [0.29, 0.717) is 62.4 Å². The minimum atomic E-state index is -0.505. The van der Waals surface area contributed by atoms with Crippen LogP contribution in [-0.2, 0) is 19.1 Å². The maximum atomic E-state index is 13.5. The number of rotatable bonds is 11. The average molecular weight is 651 g/mol. The first kappa shape index (κ1) is 33.9. The number of aromatic nitrogens is 1. The molecule has 1 aliphatic carbocycles. The summed E-state index contributed by atoms with van der Waals surface area (Å²) in [7, 11) is 1.54. The molecule has 5 amide bonds. The third-order valence-electron chi connectivity index (χ3n) is 9.16. The molecule has 0 unspecified atom stereocenters. The van der Waals surface area contributed by atoms with Crippen molar-refractivity contribution in [2.45, 2.75) is 70.9 Å². The number of nitrogens with zero attached hydrogens (tertiary/aromatic N) is 5. The highest BCUT2D eigenvalue weighted by atomic mass is 16.6. The monoisotopic (exact) mass is 650 g/mol. The molecule has 1 N–H and O–H groups in total. The van der Waals surface area contributed by atoms with Gasteiger partial charge in [-0.2, -0.15) is 0 Å². The Kier molecular flexibility index (Phi) is 11.2. The molecular formula is C34H46N6O7. The Bertz CT molecular complexity index is 1490. The lowest BCUT2D eigenvalue weighted by Crippen LogP contribution is -2.52. The first-order valence-electron chi connectivity index (χ1n) is 16.7. The van der Waals surface area contributed by atoms with Gasteiger partial charge in [-0.25, -0.2) is 9.78 Å². The van der Waals surface area contributed by atoms with Gasteiger partial charge in [-0.05, 0) is 63.1 Å². The van der Waals surface area contributed by atoms with E-state index in [9.17, 15) is 24.0 Å². The van der Waals surface area contributed by atoms with E-state index in [1.807, 2.05) is 32.0 Å². The van der Waals surface area contributed by atoms with E-state index in [4.69, 9.17) is 9.47 Å². The number of hydrogen-bond donors (Lipinski definition) is 1. The predicted octanol–water partition coefficient (Wildman–Crippen LogP) is 2.73. The van der Waals surface area contributed by atoms with Gasteiger partial charge in [0.25, 0.3) is 11.8 Å². The van der Waals surface area contributed by atoms with Crippen molar-refractivity contribution in [1.82, 2.24) is 29.9 Å². The molecule has 1 aromatic heterocycles. The van der Waals surface area contributed by atoms with Crippen LogP contribution in [0.15, 0.2) is 24.3 Å². The van der Waals surface area contributed by atoms with Crippen LogP contribution in [0, 0.1) is 6.92 Å². The van der Waals surface area contributed by atoms with Gasteiger partial charge in [0.05, 0.1) is 18.7 Å². The number of likely N-dealkylation sites (tertiary alicyclic amines) is 1. The molecule has 1 atom stereocenters. The van der Waals surface area contributed by atoms with Gasteiger partial charge in [0.1, 0.15) is 17.5 Å². The maximum Gasteiger partial charge on any atom is 0.409 e. The second-order valence-electron chi connectivity index (χ2n) is 12.7. The molecule has 13 heteroatoms. The highest BCUT2D eigenvalue weighted by Crippen LogP contribution is 2.28. The molecule has 0 radical (unpaired) electrons. The molecule has 13 nitrogen and oxygen atoms in total. The molecular weight excluding hydrogens is 604 g/mol. The van der Waals surface area contributed by atoms with Crippen LogP contribution in [0.3, 0.4) is 0 Å². The number of pyridine rings is 1. The van der Waals surface area contributed by atoms with Crippen LogP contribution >= 0.6 is 0 Å². The summed E-state index contributed by atoms with van der Waals surface area (Å²) in [6.07, 6.45) is 5.80. The lowest BCUT2D eigenvalue weighted by Gasteiger charge is -2.34. The lowest BCUT2D eigenvalue weighted by molar-refractivity contribution is -0.140. The van der Waals surface area contributed by atoms with Crippen LogP contribution in [0.25, 0.3) is 10.9 Å². The summed E-state index contributed by atoms with van der Waals surface area (Å²) in [5.74, 6) is -0.785. The largest absolute Gasteiger partial charge is 0.483 e. The molecule has 254 valence electrons. The third kappa shape index (κ3) is 8.30. The van der Waals surface area contributed by atoms with Crippen LogP contribution in [0.5, 0.6) is 5.75 Å². The Morgan fingerprint density at radius 2 is 1.70 bits per heavy atom. The number of amides is 5. The number of ether oxygens (including phenoxy) is 2. The Morgan fingerprint density at radius 1 is 0.957 bits per heavy atom. The number of fused-ring (bicyclic) bond motifs is 1. The maximum absolute atomic E-state index is 13.5. The zero-order chi connectivity index (χ0) is 33.5. The minimum Gasteiger partial charge on any atom is -0.483 e. The van der Waals surface area contributed by atoms with Crippen molar-refractivity contribution in [2.75, 3.05) is 59.5 Å². The fourth-order valence-corrected chi connectivity index (χ4v) is 6.05. The molecule has 0 bridgehead atoms. The summed E-state index contributed by atoms with van der Waals surface area (Å²) >= 11 is 0. The summed E-state index contributed by atoms with van der Waals surface area (Å²) in [4.78, 5) is 75.7. The van der Waals surface area contributed by atoms with Crippen LogP contribution < -0.4 is 10.1 Å². The highest BCUT2D eigenvalue weighted by Gasteiger charge is 2.36. The summed E-state index contributed by atoms with van der Waals surface area (Å²) in [6.45, 7) is 5.78. The molecule has 3 aliphatic rings. The molecule has 5 rings (SSSR count). The van der Waals surface area contributed by atoms with Crippen molar-refractivity contribution in [3.63, 3.8) is 0 Å². The van der Waals surface area contributed by atoms with Gasteiger partial charge in [0, 0.05) is 57.3 Å². The van der Waals surface area contributed by atoms with E-state index in [0.717, 1.165) is 44.1 Å². The fraction of sp³-hybridized carbons (Fsp3) is 0.588.